The third kappa shape index (κ3) is 6.60. The van der Waals surface area contributed by atoms with E-state index in [0.29, 0.717) is 26.2 Å². The molecule has 2 aliphatic heterocycles. The lowest BCUT2D eigenvalue weighted by Crippen LogP contribution is -2.52. The molecule has 8 heteroatoms. The average molecular weight is 419 g/mol. The van der Waals surface area contributed by atoms with Crippen LogP contribution in [0.5, 0.6) is 5.75 Å². The Labute approximate surface area is 179 Å². The van der Waals surface area contributed by atoms with Crippen molar-refractivity contribution in [2.24, 2.45) is 0 Å². The van der Waals surface area contributed by atoms with E-state index in [1.54, 1.807) is 12.0 Å². The van der Waals surface area contributed by atoms with Crippen LogP contribution in [-0.4, -0.2) is 92.3 Å². The van der Waals surface area contributed by atoms with Gasteiger partial charge in [0.2, 0.25) is 5.91 Å². The smallest absolute Gasteiger partial charge is 0.409 e. The zero-order valence-electron chi connectivity index (χ0n) is 18.1. The molecule has 0 bridgehead atoms. The van der Waals surface area contributed by atoms with Crippen LogP contribution in [0.1, 0.15) is 25.3 Å². The zero-order valence-corrected chi connectivity index (χ0v) is 18.1. The van der Waals surface area contributed by atoms with Gasteiger partial charge in [-0.1, -0.05) is 12.1 Å². The van der Waals surface area contributed by atoms with Crippen LogP contribution in [0.15, 0.2) is 24.3 Å². The molecule has 2 fully saturated rings. The lowest BCUT2D eigenvalue weighted by Gasteiger charge is -2.35. The Morgan fingerprint density at radius 3 is 2.23 bits per heavy atom. The summed E-state index contributed by atoms with van der Waals surface area (Å²) in [5.74, 6) is 0.953. The third-order valence-electron chi connectivity index (χ3n) is 5.78. The predicted octanol–water partition coefficient (Wildman–Crippen LogP) is 1.55. The van der Waals surface area contributed by atoms with Crippen molar-refractivity contribution in [1.82, 2.24) is 20.0 Å². The van der Waals surface area contributed by atoms with Crippen LogP contribution < -0.4 is 10.1 Å². The maximum absolute atomic E-state index is 12.4. The highest BCUT2D eigenvalue weighted by Crippen LogP contribution is 2.15. The van der Waals surface area contributed by atoms with Crippen LogP contribution >= 0.6 is 0 Å². The van der Waals surface area contributed by atoms with Crippen molar-refractivity contribution in [2.75, 3.05) is 59.5 Å². The number of carbonyl (C=O) groups is 2. The van der Waals surface area contributed by atoms with E-state index in [9.17, 15) is 9.59 Å². The fraction of sp³-hybridized carbons (Fsp3) is 0.636. The predicted molar refractivity (Wildman–Crippen MR) is 114 cm³/mol. The van der Waals surface area contributed by atoms with E-state index in [0.717, 1.165) is 51.3 Å². The van der Waals surface area contributed by atoms with E-state index >= 15 is 0 Å². The van der Waals surface area contributed by atoms with E-state index in [1.807, 2.05) is 19.1 Å². The molecule has 3 rings (SSSR count). The van der Waals surface area contributed by atoms with E-state index in [1.165, 1.54) is 5.56 Å². The van der Waals surface area contributed by atoms with E-state index < -0.39 is 0 Å². The number of ether oxygens (including phenoxy) is 2. The standard InChI is InChI=1S/C22H34N4O4/c1-3-30-22(28)26-10-8-19(9-11-26)23-21(27)17-25-14-12-24(13-15-25)16-18-4-6-20(29-2)7-5-18/h4-7,19H,3,8-17H2,1-2H3,(H,23,27). The van der Waals surface area contributed by atoms with Crippen molar-refractivity contribution < 1.29 is 19.1 Å². The van der Waals surface area contributed by atoms with Gasteiger partial charge in [-0.15, -0.1) is 0 Å². The summed E-state index contributed by atoms with van der Waals surface area (Å²) in [6, 6.07) is 8.33. The lowest BCUT2D eigenvalue weighted by atomic mass is 10.1. The van der Waals surface area contributed by atoms with Gasteiger partial charge >= 0.3 is 6.09 Å². The van der Waals surface area contributed by atoms with Crippen LogP contribution in [-0.2, 0) is 16.1 Å². The fourth-order valence-electron chi connectivity index (χ4n) is 3.99. The summed E-state index contributed by atoms with van der Waals surface area (Å²) in [5, 5.41) is 3.13. The summed E-state index contributed by atoms with van der Waals surface area (Å²) < 4.78 is 10.2. The number of hydrogen-bond donors (Lipinski definition) is 1. The number of nitrogens with zero attached hydrogens (tertiary/aromatic N) is 3. The van der Waals surface area contributed by atoms with Crippen LogP contribution in [0.25, 0.3) is 0 Å². The minimum absolute atomic E-state index is 0.0770. The number of likely N-dealkylation sites (tertiary alicyclic amines) is 1. The largest absolute Gasteiger partial charge is 0.497 e. The minimum atomic E-state index is -0.255. The number of nitrogens with one attached hydrogen (secondary N) is 1. The molecule has 0 saturated carbocycles. The Hall–Kier alpha value is -2.32. The lowest BCUT2D eigenvalue weighted by molar-refractivity contribution is -0.123. The molecule has 0 aliphatic carbocycles. The number of hydrogen-bond acceptors (Lipinski definition) is 6. The van der Waals surface area contributed by atoms with Crippen LogP contribution in [0.2, 0.25) is 0 Å². The molecule has 1 aromatic carbocycles. The molecule has 2 aliphatic rings. The molecule has 8 nitrogen and oxygen atoms in total. The highest BCUT2D eigenvalue weighted by molar-refractivity contribution is 5.78. The summed E-state index contributed by atoms with van der Waals surface area (Å²) in [6.45, 7) is 8.52. The first-order chi connectivity index (χ1) is 14.6. The topological polar surface area (TPSA) is 74.4 Å². The highest BCUT2D eigenvalue weighted by atomic mass is 16.6. The first kappa shape index (κ1) is 22.4. The number of piperidine rings is 1. The van der Waals surface area contributed by atoms with Gasteiger partial charge < -0.3 is 19.7 Å². The minimum Gasteiger partial charge on any atom is -0.497 e. The molecule has 0 unspecified atom stereocenters. The highest BCUT2D eigenvalue weighted by Gasteiger charge is 2.25. The van der Waals surface area contributed by atoms with E-state index in [-0.39, 0.29) is 18.0 Å². The Bertz CT molecular complexity index is 681. The Morgan fingerprint density at radius 1 is 1.00 bits per heavy atom. The van der Waals surface area contributed by atoms with Crippen molar-refractivity contribution >= 4 is 12.0 Å². The molecule has 1 aromatic rings. The Morgan fingerprint density at radius 2 is 1.63 bits per heavy atom. The molecule has 0 aromatic heterocycles. The maximum atomic E-state index is 12.4. The van der Waals surface area contributed by atoms with Crippen LogP contribution in [0, 0.1) is 0 Å². The van der Waals surface area contributed by atoms with Crippen molar-refractivity contribution in [3.8, 4) is 5.75 Å². The summed E-state index contributed by atoms with van der Waals surface area (Å²) in [6.07, 6.45) is 1.30. The Balaban J connectivity index is 1.33. The quantitative estimate of drug-likeness (QED) is 0.724. The molecule has 2 amide bonds. The van der Waals surface area contributed by atoms with Gasteiger partial charge in [0.25, 0.3) is 0 Å². The molecule has 2 heterocycles. The average Bonchev–Trinajstić information content (AvgIpc) is 2.76. The number of amides is 2. The second kappa shape index (κ2) is 11.2. The maximum Gasteiger partial charge on any atom is 0.409 e. The molecule has 2 saturated heterocycles. The third-order valence-corrected chi connectivity index (χ3v) is 5.78. The van der Waals surface area contributed by atoms with E-state index in [2.05, 4.69) is 27.2 Å². The second-order valence-electron chi connectivity index (χ2n) is 7.93. The van der Waals surface area contributed by atoms with Crippen molar-refractivity contribution in [3.63, 3.8) is 0 Å². The first-order valence-electron chi connectivity index (χ1n) is 10.9. The first-order valence-corrected chi connectivity index (χ1v) is 10.9. The molecule has 0 radical (unpaired) electrons. The van der Waals surface area contributed by atoms with Gasteiger partial charge in [-0.25, -0.2) is 4.79 Å². The van der Waals surface area contributed by atoms with Crippen molar-refractivity contribution in [1.29, 1.82) is 0 Å². The molecular formula is C22H34N4O4. The van der Waals surface area contributed by atoms with Gasteiger partial charge in [-0.05, 0) is 37.5 Å². The number of piperazine rings is 1. The number of benzene rings is 1. The fourth-order valence-corrected chi connectivity index (χ4v) is 3.99. The van der Waals surface area contributed by atoms with Gasteiger partial charge in [-0.2, -0.15) is 0 Å². The van der Waals surface area contributed by atoms with Crippen molar-refractivity contribution in [2.45, 2.75) is 32.4 Å². The summed E-state index contributed by atoms with van der Waals surface area (Å²) in [4.78, 5) is 30.6. The van der Waals surface area contributed by atoms with Gasteiger partial charge in [0.05, 0.1) is 20.3 Å². The molecule has 0 atom stereocenters. The molecular weight excluding hydrogens is 384 g/mol. The molecule has 1 N–H and O–H groups in total. The van der Waals surface area contributed by atoms with Crippen LogP contribution in [0.3, 0.4) is 0 Å². The Kier molecular flexibility index (Phi) is 8.33. The summed E-state index contributed by atoms with van der Waals surface area (Å²) in [7, 11) is 1.68. The molecule has 30 heavy (non-hydrogen) atoms. The summed E-state index contributed by atoms with van der Waals surface area (Å²) >= 11 is 0. The van der Waals surface area contributed by atoms with E-state index in [4.69, 9.17) is 9.47 Å². The van der Waals surface area contributed by atoms with Gasteiger partial charge in [-0.3, -0.25) is 14.6 Å². The number of carbonyl (C=O) groups excluding carboxylic acids is 2. The molecule has 166 valence electrons. The van der Waals surface area contributed by atoms with Gasteiger partial charge in [0, 0.05) is 51.9 Å². The SMILES string of the molecule is CCOC(=O)N1CCC(NC(=O)CN2CCN(Cc3ccc(OC)cc3)CC2)CC1. The normalized spacial score (nSPS) is 18.8. The van der Waals surface area contributed by atoms with Crippen LogP contribution in [0.4, 0.5) is 4.79 Å². The van der Waals surface area contributed by atoms with Crippen molar-refractivity contribution in [3.05, 3.63) is 29.8 Å². The monoisotopic (exact) mass is 418 g/mol. The number of methoxy groups -OCH3 is 1. The second-order valence-corrected chi connectivity index (χ2v) is 7.93. The number of rotatable bonds is 7. The zero-order chi connectivity index (χ0) is 21.3. The van der Waals surface area contributed by atoms with Gasteiger partial charge in [0.15, 0.2) is 0 Å². The molecule has 0 spiro atoms. The summed E-state index contributed by atoms with van der Waals surface area (Å²) in [5.41, 5.74) is 1.27. The van der Waals surface area contributed by atoms with Gasteiger partial charge in [0.1, 0.15) is 5.75 Å².